The van der Waals surface area contributed by atoms with Gasteiger partial charge >= 0.3 is 7.82 Å². The number of aliphatic hydroxyl groups is 1. The zero-order valence-corrected chi connectivity index (χ0v) is 29.5. The van der Waals surface area contributed by atoms with Crippen LogP contribution < -0.4 is 16.0 Å². The van der Waals surface area contributed by atoms with Crippen molar-refractivity contribution in [1.29, 1.82) is 0 Å². The number of thioether (sulfide) groups is 1. The summed E-state index contributed by atoms with van der Waals surface area (Å²) in [6.45, 7) is 4.05. The Labute approximate surface area is 277 Å². The molecule has 0 radical (unpaired) electrons. The highest BCUT2D eigenvalue weighted by Gasteiger charge is 2.36. The van der Waals surface area contributed by atoms with Crippen molar-refractivity contribution in [3.8, 4) is 0 Å². The van der Waals surface area contributed by atoms with Crippen LogP contribution in [0.25, 0.3) is 11.0 Å². The van der Waals surface area contributed by atoms with Gasteiger partial charge < -0.3 is 30.8 Å². The minimum Gasteiger partial charge on any atom is -0.383 e. The highest BCUT2D eigenvalue weighted by Crippen LogP contribution is 2.40. The summed E-state index contributed by atoms with van der Waals surface area (Å²) in [5.74, 6) is -0.505. The van der Waals surface area contributed by atoms with Crippen LogP contribution in [0, 0.1) is 5.41 Å². The summed E-state index contributed by atoms with van der Waals surface area (Å²) in [4.78, 5) is 42.3. The molecule has 1 fully saturated rings. The first-order valence-corrected chi connectivity index (χ1v) is 18.7. The molecule has 4 atom stereocenters. The van der Waals surface area contributed by atoms with Gasteiger partial charge in [0.1, 0.15) is 20.8 Å². The van der Waals surface area contributed by atoms with Gasteiger partial charge in [-0.05, 0) is 54.0 Å². The van der Waals surface area contributed by atoms with E-state index in [4.69, 9.17) is 26.6 Å². The Balaban J connectivity index is 1.40. The van der Waals surface area contributed by atoms with Crippen LogP contribution in [0.1, 0.15) is 57.9 Å². The fourth-order valence-electron chi connectivity index (χ4n) is 4.87. The van der Waals surface area contributed by atoms with E-state index >= 15 is 0 Å². The van der Waals surface area contributed by atoms with Gasteiger partial charge in [-0.25, -0.2) is 21.9 Å². The average molecular weight is 725 g/mol. The first kappa shape index (κ1) is 38.2. The Kier molecular flexibility index (Phi) is 13.1. The van der Waals surface area contributed by atoms with E-state index in [-0.39, 0.29) is 47.3 Å². The van der Waals surface area contributed by atoms with Crippen molar-refractivity contribution >= 4 is 69.0 Å². The van der Waals surface area contributed by atoms with Crippen LogP contribution in [0.5, 0.6) is 0 Å². The second-order valence-electron chi connectivity index (χ2n) is 12.0. The lowest BCUT2D eigenvalue weighted by Crippen LogP contribution is -2.46. The van der Waals surface area contributed by atoms with E-state index in [1.165, 1.54) is 39.7 Å². The van der Waals surface area contributed by atoms with Gasteiger partial charge in [-0.2, -0.15) is 0 Å². The molecule has 1 aromatic heterocycles. The fraction of sp³-hybridized carbons (Fsp3) is 0.654. The number of aromatic nitrogens is 2. The summed E-state index contributed by atoms with van der Waals surface area (Å²) in [5, 5.41) is 26.7. The average Bonchev–Trinajstić information content (AvgIpc) is 3.64. The van der Waals surface area contributed by atoms with Gasteiger partial charge in [-0.3, -0.25) is 14.1 Å². The number of hydrogen-bond donors (Lipinski definition) is 6. The van der Waals surface area contributed by atoms with Crippen LogP contribution in [0.4, 0.5) is 0 Å². The van der Waals surface area contributed by atoms with E-state index in [1.54, 1.807) is 12.1 Å². The summed E-state index contributed by atoms with van der Waals surface area (Å²) in [6, 6.07) is 3.18. The lowest BCUT2D eigenvalue weighted by molar-refractivity contribution is -0.137. The van der Waals surface area contributed by atoms with E-state index in [9.17, 15) is 27.7 Å². The summed E-state index contributed by atoms with van der Waals surface area (Å²) in [7, 11) is -5.58. The van der Waals surface area contributed by atoms with Crippen LogP contribution >= 0.6 is 31.8 Å². The van der Waals surface area contributed by atoms with Gasteiger partial charge in [0, 0.05) is 50.3 Å². The molecule has 0 aliphatic heterocycles. The van der Waals surface area contributed by atoms with Gasteiger partial charge in [0.25, 0.3) is 0 Å². The summed E-state index contributed by atoms with van der Waals surface area (Å²) in [6.07, 6.45) is 0.772. The van der Waals surface area contributed by atoms with Gasteiger partial charge in [-0.1, -0.05) is 43.9 Å². The fourth-order valence-corrected chi connectivity index (χ4v) is 7.49. The topological polar surface area (TPSA) is 234 Å². The molecule has 2 unspecified atom stereocenters. The molecule has 0 saturated heterocycles. The lowest BCUT2D eigenvalue weighted by Gasteiger charge is -2.29. The molecule has 1 aliphatic rings. The number of carbonyl (C=O) groups excluding carboxylic acids is 2. The molecule has 16 nitrogen and oxygen atoms in total. The van der Waals surface area contributed by atoms with E-state index in [0.717, 1.165) is 29.1 Å². The van der Waals surface area contributed by atoms with E-state index in [0.29, 0.717) is 15.6 Å². The number of nitrogens with one attached hydrogen (secondary N) is 3. The van der Waals surface area contributed by atoms with Crippen LogP contribution in [0.15, 0.2) is 21.7 Å². The number of thiocarbonyl (C=S) groups is 1. The smallest absolute Gasteiger partial charge is 0.383 e. The Bertz CT molecular complexity index is 1560. The largest absolute Gasteiger partial charge is 0.469 e. The van der Waals surface area contributed by atoms with Crippen LogP contribution in [-0.4, -0.2) is 105 Å². The molecule has 0 spiro atoms. The maximum Gasteiger partial charge on any atom is 0.469 e. The molecular weight excluding hydrogens is 683 g/mol. The summed E-state index contributed by atoms with van der Waals surface area (Å²) < 4.78 is 47.3. The third-order valence-corrected chi connectivity index (χ3v) is 11.3. The lowest BCUT2D eigenvalue weighted by atomic mass is 9.87. The Morgan fingerprint density at radius 2 is 1.91 bits per heavy atom. The van der Waals surface area contributed by atoms with E-state index in [2.05, 4.69) is 30.8 Å². The maximum atomic E-state index is 12.7. The molecule has 258 valence electrons. The number of phosphoric ester groups is 1. The van der Waals surface area contributed by atoms with Crippen molar-refractivity contribution in [1.82, 2.24) is 30.6 Å². The molecule has 20 heteroatoms. The second-order valence-corrected chi connectivity index (χ2v) is 17.1. The molecule has 2 aromatic rings. The predicted octanol–water partition coefficient (Wildman–Crippen LogP) is 1.22. The Hall–Kier alpha value is -2.22. The maximum absolute atomic E-state index is 12.7. The third kappa shape index (κ3) is 10.4. The minimum absolute atomic E-state index is 0.0423. The number of fused-ring (bicyclic) bond motifs is 1. The van der Waals surface area contributed by atoms with Gasteiger partial charge in [-0.15, -0.1) is 0 Å². The zero-order valence-electron chi connectivity index (χ0n) is 26.1. The molecule has 2 amide bonds. The Morgan fingerprint density at radius 1 is 1.24 bits per heavy atom. The quantitative estimate of drug-likeness (QED) is 0.112. The Morgan fingerprint density at radius 3 is 2.57 bits per heavy atom. The standard InChI is InChI=1S/C26H41N6O10PS3/c1-15(28-20(33)10-11-27-24(35)23(34)26(2,3)14-41-43(36,37)38)13-45-25(44)29-17-7-6-16(12-17)18-8-9-19(46(39,40)32(4)5)22-21(18)30-42-31-22/h8-9,15-17,23,34H,6-7,10-14H2,1-5H3,(H,27,35)(H,28,33)(H,29,44)(H2,36,37,38)/t15?,16?,17-,23+/m1/s1. The molecule has 3 rings (SSSR count). The number of carbonyl (C=O) groups is 2. The zero-order chi connectivity index (χ0) is 34.4. The van der Waals surface area contributed by atoms with Gasteiger partial charge in [0.2, 0.25) is 21.8 Å². The van der Waals surface area contributed by atoms with Crippen molar-refractivity contribution in [3.05, 3.63) is 17.7 Å². The SMILES string of the molecule is CC(CSC(=S)N[C@@H]1CCC(c2ccc(S(=O)(=O)N(C)C)c3nonc23)C1)NC(=O)CCNC(=O)[C@H](O)C(C)(C)COP(=O)(O)O. The van der Waals surface area contributed by atoms with Crippen molar-refractivity contribution in [3.63, 3.8) is 0 Å². The molecule has 6 N–H and O–H groups in total. The summed E-state index contributed by atoms with van der Waals surface area (Å²) >= 11 is 6.91. The van der Waals surface area contributed by atoms with E-state index in [1.807, 2.05) is 6.92 Å². The number of benzene rings is 1. The minimum atomic E-state index is -4.76. The molecule has 0 bridgehead atoms. The predicted molar refractivity (Wildman–Crippen MR) is 174 cm³/mol. The first-order chi connectivity index (χ1) is 21.3. The van der Waals surface area contributed by atoms with Gasteiger partial charge in [0.05, 0.1) is 6.61 Å². The van der Waals surface area contributed by atoms with Crippen LogP contribution in [0.2, 0.25) is 0 Å². The molecule has 1 heterocycles. The van der Waals surface area contributed by atoms with E-state index < -0.39 is 41.9 Å². The summed E-state index contributed by atoms with van der Waals surface area (Å²) in [5.41, 5.74) is 0.230. The number of phosphoric acid groups is 1. The van der Waals surface area contributed by atoms with Crippen LogP contribution in [0.3, 0.4) is 0 Å². The molecule has 46 heavy (non-hydrogen) atoms. The number of amides is 2. The second kappa shape index (κ2) is 15.8. The molecule has 1 aliphatic carbocycles. The van der Waals surface area contributed by atoms with Crippen molar-refractivity contribution in [2.75, 3.05) is 33.0 Å². The number of aliphatic hydroxyl groups excluding tert-OH is 1. The number of nitrogens with zero attached hydrogens (tertiary/aromatic N) is 3. The van der Waals surface area contributed by atoms with Crippen molar-refractivity contribution < 1.29 is 46.6 Å². The molecule has 1 aromatic carbocycles. The highest BCUT2D eigenvalue weighted by molar-refractivity contribution is 8.23. The van der Waals surface area contributed by atoms with Crippen molar-refractivity contribution in [2.45, 2.75) is 75.5 Å². The van der Waals surface area contributed by atoms with Gasteiger partial charge in [0.15, 0.2) is 5.52 Å². The molecular formula is C26H41N6O10PS3. The number of sulfonamides is 1. The first-order valence-electron chi connectivity index (χ1n) is 14.4. The monoisotopic (exact) mass is 724 g/mol. The normalized spacial score (nSPS) is 18.8. The third-order valence-electron chi connectivity index (χ3n) is 7.48. The van der Waals surface area contributed by atoms with Crippen molar-refractivity contribution in [2.24, 2.45) is 5.41 Å². The van der Waals surface area contributed by atoms with Crippen LogP contribution in [-0.2, 0) is 28.7 Å². The number of rotatable bonds is 15. The number of hydrogen-bond acceptors (Lipinski definition) is 12. The molecule has 1 saturated carbocycles. The highest BCUT2D eigenvalue weighted by atomic mass is 32.2.